The summed E-state index contributed by atoms with van der Waals surface area (Å²) in [5, 5.41) is 0. The molecule has 0 aromatic carbocycles. The number of hydrogen-bond donors (Lipinski definition) is 2. The van der Waals surface area contributed by atoms with Gasteiger partial charge in [-0.2, -0.15) is 4.72 Å². The van der Waals surface area contributed by atoms with Crippen LogP contribution in [0.1, 0.15) is 25.7 Å². The van der Waals surface area contributed by atoms with Gasteiger partial charge in [0.25, 0.3) is 10.0 Å². The molecule has 12 heteroatoms. The molecular formula is C20H25ClN4O4S3. The Hall–Kier alpha value is -1.50. The Morgan fingerprint density at radius 1 is 1.12 bits per heavy atom. The van der Waals surface area contributed by atoms with Crippen LogP contribution in [0, 0.1) is 0 Å². The van der Waals surface area contributed by atoms with Crippen LogP contribution in [0.25, 0.3) is 9.75 Å². The van der Waals surface area contributed by atoms with Gasteiger partial charge >= 0.3 is 0 Å². The molecule has 2 aromatic heterocycles. The van der Waals surface area contributed by atoms with Gasteiger partial charge in [0.05, 0.1) is 10.9 Å². The first-order valence-electron chi connectivity index (χ1n) is 10.4. The van der Waals surface area contributed by atoms with E-state index in [2.05, 4.69) is 4.72 Å². The summed E-state index contributed by atoms with van der Waals surface area (Å²) in [6.45, 7) is 1.44. The Kier molecular flexibility index (Phi) is 7.23. The van der Waals surface area contributed by atoms with Gasteiger partial charge in [-0.3, -0.25) is 9.59 Å². The van der Waals surface area contributed by atoms with Crippen LogP contribution in [-0.4, -0.2) is 68.3 Å². The Labute approximate surface area is 200 Å². The monoisotopic (exact) mass is 516 g/mol. The minimum absolute atomic E-state index is 0.0166. The van der Waals surface area contributed by atoms with Gasteiger partial charge in [-0.1, -0.05) is 11.6 Å². The van der Waals surface area contributed by atoms with Gasteiger partial charge in [-0.15, -0.1) is 22.7 Å². The molecule has 2 saturated heterocycles. The summed E-state index contributed by atoms with van der Waals surface area (Å²) in [7, 11) is -3.87. The fourth-order valence-corrected chi connectivity index (χ4v) is 7.84. The summed E-state index contributed by atoms with van der Waals surface area (Å²) < 4.78 is 29.2. The van der Waals surface area contributed by atoms with Gasteiger partial charge in [0.1, 0.15) is 10.3 Å². The molecule has 0 radical (unpaired) electrons. The Balaban J connectivity index is 1.42. The molecule has 0 unspecified atom stereocenters. The zero-order chi connectivity index (χ0) is 22.9. The number of thiophene rings is 2. The molecule has 0 aliphatic carbocycles. The third kappa shape index (κ3) is 5.02. The molecule has 4 rings (SSSR count). The number of piperidine rings is 1. The lowest BCUT2D eigenvalue weighted by molar-refractivity contribution is -0.143. The minimum atomic E-state index is -3.87. The van der Waals surface area contributed by atoms with Crippen molar-refractivity contribution in [2.45, 2.75) is 42.0 Å². The SMILES string of the molecule is NC[C@H]1CCCN1C(=O)CN1CCC[C@H](NS(=O)(=O)c2ccc(-c3ccc(Cl)s3)s2)C1=O. The summed E-state index contributed by atoms with van der Waals surface area (Å²) in [6, 6.07) is 6.01. The second kappa shape index (κ2) is 9.78. The highest BCUT2D eigenvalue weighted by molar-refractivity contribution is 7.91. The number of likely N-dealkylation sites (tertiary alicyclic amines) is 2. The van der Waals surface area contributed by atoms with Gasteiger partial charge in [0.15, 0.2) is 0 Å². The number of nitrogens with one attached hydrogen (secondary N) is 1. The lowest BCUT2D eigenvalue weighted by Gasteiger charge is -2.34. The lowest BCUT2D eigenvalue weighted by Crippen LogP contribution is -2.55. The standard InChI is InChI=1S/C20H25ClN4O4S3/c21-17-7-5-15(30-17)16-6-8-19(31-16)32(28,29)23-14-4-2-9-24(20(14)27)12-18(26)25-10-1-3-13(25)11-22/h5-8,13-14,23H,1-4,9-12,22H2/t13-,14+/m1/s1. The van der Waals surface area contributed by atoms with Crippen molar-refractivity contribution in [1.82, 2.24) is 14.5 Å². The zero-order valence-electron chi connectivity index (χ0n) is 17.3. The van der Waals surface area contributed by atoms with Crippen molar-refractivity contribution >= 4 is 56.1 Å². The van der Waals surface area contributed by atoms with Gasteiger partial charge in [-0.05, 0) is 49.9 Å². The van der Waals surface area contributed by atoms with Gasteiger partial charge < -0.3 is 15.5 Å². The van der Waals surface area contributed by atoms with Crippen molar-refractivity contribution in [2.75, 3.05) is 26.2 Å². The minimum Gasteiger partial charge on any atom is -0.337 e. The van der Waals surface area contributed by atoms with E-state index in [0.29, 0.717) is 36.8 Å². The van der Waals surface area contributed by atoms with E-state index in [1.54, 1.807) is 17.0 Å². The average Bonchev–Trinajstić information content (AvgIpc) is 3.50. The number of hydrogen-bond acceptors (Lipinski definition) is 7. The number of sulfonamides is 1. The van der Waals surface area contributed by atoms with Crippen LogP contribution < -0.4 is 10.5 Å². The molecular weight excluding hydrogens is 492 g/mol. The second-order valence-corrected chi connectivity index (χ2v) is 12.7. The van der Waals surface area contributed by atoms with Crippen LogP contribution in [0.2, 0.25) is 4.34 Å². The number of carbonyl (C=O) groups is 2. The lowest BCUT2D eigenvalue weighted by atomic mass is 10.1. The maximum atomic E-state index is 13.0. The first kappa shape index (κ1) is 23.7. The van der Waals surface area contributed by atoms with Gasteiger partial charge in [0, 0.05) is 35.4 Å². The molecule has 174 valence electrons. The number of rotatable bonds is 7. The fourth-order valence-electron chi connectivity index (χ4n) is 4.16. The summed E-state index contributed by atoms with van der Waals surface area (Å²) >= 11 is 8.48. The number of amides is 2. The first-order valence-corrected chi connectivity index (χ1v) is 13.9. The predicted molar refractivity (Wildman–Crippen MR) is 126 cm³/mol. The smallest absolute Gasteiger partial charge is 0.250 e. The molecule has 2 aliphatic heterocycles. The number of nitrogens with two attached hydrogens (primary N) is 1. The Morgan fingerprint density at radius 2 is 1.84 bits per heavy atom. The number of nitrogens with zero attached hydrogens (tertiary/aromatic N) is 2. The normalized spacial score (nSPS) is 22.0. The third-order valence-corrected chi connectivity index (χ3v) is 10.3. The Bertz CT molecular complexity index is 1100. The summed E-state index contributed by atoms with van der Waals surface area (Å²) in [4.78, 5) is 30.6. The van der Waals surface area contributed by atoms with E-state index < -0.39 is 16.1 Å². The molecule has 2 aromatic rings. The molecule has 2 atom stereocenters. The second-order valence-electron chi connectivity index (χ2n) is 7.92. The number of halogens is 1. The summed E-state index contributed by atoms with van der Waals surface area (Å²) in [6.07, 6.45) is 2.80. The van der Waals surface area contributed by atoms with Crippen molar-refractivity contribution in [2.24, 2.45) is 5.73 Å². The highest BCUT2D eigenvalue weighted by Gasteiger charge is 2.36. The molecule has 4 heterocycles. The molecule has 2 amide bonds. The van der Waals surface area contributed by atoms with Crippen LogP contribution in [0.15, 0.2) is 28.5 Å². The van der Waals surface area contributed by atoms with E-state index in [-0.39, 0.29) is 28.6 Å². The maximum Gasteiger partial charge on any atom is 0.250 e. The van der Waals surface area contributed by atoms with Crippen LogP contribution in [0.5, 0.6) is 0 Å². The van der Waals surface area contributed by atoms with Crippen molar-refractivity contribution in [3.63, 3.8) is 0 Å². The molecule has 2 fully saturated rings. The van der Waals surface area contributed by atoms with Crippen LogP contribution in [0.3, 0.4) is 0 Å². The van der Waals surface area contributed by atoms with Crippen molar-refractivity contribution in [1.29, 1.82) is 0 Å². The van der Waals surface area contributed by atoms with Gasteiger partial charge in [-0.25, -0.2) is 8.42 Å². The quantitative estimate of drug-likeness (QED) is 0.586. The molecule has 0 saturated carbocycles. The Morgan fingerprint density at radius 3 is 2.56 bits per heavy atom. The van der Waals surface area contributed by atoms with E-state index in [9.17, 15) is 18.0 Å². The molecule has 3 N–H and O–H groups in total. The highest BCUT2D eigenvalue weighted by atomic mass is 35.5. The van der Waals surface area contributed by atoms with Crippen LogP contribution in [0.4, 0.5) is 0 Å². The summed E-state index contributed by atoms with van der Waals surface area (Å²) in [5.41, 5.74) is 5.75. The van der Waals surface area contributed by atoms with E-state index in [1.165, 1.54) is 22.3 Å². The van der Waals surface area contributed by atoms with Crippen LogP contribution in [-0.2, 0) is 19.6 Å². The molecule has 2 aliphatic rings. The topological polar surface area (TPSA) is 113 Å². The first-order chi connectivity index (χ1) is 15.3. The zero-order valence-corrected chi connectivity index (χ0v) is 20.5. The molecule has 8 nitrogen and oxygen atoms in total. The van der Waals surface area contributed by atoms with E-state index in [1.807, 2.05) is 6.07 Å². The highest BCUT2D eigenvalue weighted by Crippen LogP contribution is 2.36. The van der Waals surface area contributed by atoms with E-state index in [0.717, 1.165) is 33.9 Å². The van der Waals surface area contributed by atoms with Gasteiger partial charge in [0.2, 0.25) is 11.8 Å². The third-order valence-electron chi connectivity index (χ3n) is 5.79. The molecule has 32 heavy (non-hydrogen) atoms. The molecule has 0 spiro atoms. The van der Waals surface area contributed by atoms with Crippen molar-refractivity contribution < 1.29 is 18.0 Å². The number of carbonyl (C=O) groups excluding carboxylic acids is 2. The largest absolute Gasteiger partial charge is 0.337 e. The van der Waals surface area contributed by atoms with Crippen LogP contribution >= 0.6 is 34.3 Å². The average molecular weight is 517 g/mol. The predicted octanol–water partition coefficient (Wildman–Crippen LogP) is 2.35. The molecule has 0 bridgehead atoms. The maximum absolute atomic E-state index is 13.0. The van der Waals surface area contributed by atoms with E-state index in [4.69, 9.17) is 17.3 Å². The summed E-state index contributed by atoms with van der Waals surface area (Å²) in [5.74, 6) is -0.495. The fraction of sp³-hybridized carbons (Fsp3) is 0.500. The van der Waals surface area contributed by atoms with Crippen molar-refractivity contribution in [3.05, 3.63) is 28.6 Å². The van der Waals surface area contributed by atoms with E-state index >= 15 is 0 Å². The van der Waals surface area contributed by atoms with Crippen molar-refractivity contribution in [3.8, 4) is 9.75 Å².